The molecular weight excluding hydrogens is 341 g/mol. The van der Waals surface area contributed by atoms with E-state index >= 15 is 0 Å². The van der Waals surface area contributed by atoms with Gasteiger partial charge in [0.1, 0.15) is 5.69 Å². The summed E-state index contributed by atoms with van der Waals surface area (Å²) in [6.07, 6.45) is -3.34. The number of aromatic nitrogens is 1. The van der Waals surface area contributed by atoms with Gasteiger partial charge in [-0.25, -0.2) is 0 Å². The van der Waals surface area contributed by atoms with Gasteiger partial charge in [0.25, 0.3) is 0 Å². The van der Waals surface area contributed by atoms with Gasteiger partial charge in [0.15, 0.2) is 0 Å². The Morgan fingerprint density at radius 1 is 1.04 bits per heavy atom. The Morgan fingerprint density at radius 3 is 2.31 bits per heavy atom. The molecule has 1 heterocycles. The number of nitrogen functional groups attached to an aromatic ring is 1. The van der Waals surface area contributed by atoms with E-state index < -0.39 is 17.8 Å². The second-order valence-electron chi connectivity index (χ2n) is 6.24. The largest absolute Gasteiger partial charge is 0.431 e. The van der Waals surface area contributed by atoms with Gasteiger partial charge in [-0.1, -0.05) is 31.2 Å². The highest BCUT2D eigenvalue weighted by Gasteiger charge is 2.37. The molecule has 6 heteroatoms. The number of carbonyl (C=O) groups is 1. The number of aryl methyl sites for hydroxylation is 2. The number of hydrogen-bond acceptors (Lipinski definition) is 2. The van der Waals surface area contributed by atoms with Crippen molar-refractivity contribution in [2.75, 3.05) is 5.73 Å². The Labute approximate surface area is 149 Å². The van der Waals surface area contributed by atoms with Crippen molar-refractivity contribution in [3.63, 3.8) is 0 Å². The van der Waals surface area contributed by atoms with Crippen LogP contribution in [-0.4, -0.2) is 10.5 Å². The van der Waals surface area contributed by atoms with Crippen LogP contribution >= 0.6 is 0 Å². The molecule has 0 aliphatic heterocycles. The monoisotopic (exact) mass is 360 g/mol. The molecule has 0 atom stereocenters. The topological polar surface area (TPSA) is 48.0 Å². The van der Waals surface area contributed by atoms with Gasteiger partial charge in [0, 0.05) is 17.5 Å². The molecule has 0 amide bonds. The first-order valence-corrected chi connectivity index (χ1v) is 8.39. The number of anilines is 1. The zero-order valence-electron chi connectivity index (χ0n) is 14.3. The van der Waals surface area contributed by atoms with Crippen LogP contribution < -0.4 is 5.73 Å². The predicted octanol–water partition coefficient (Wildman–Crippen LogP) is 5.08. The fraction of sp³-hybridized carbons (Fsp3) is 0.250. The number of nitrogens with zero attached hydrogens (tertiary/aromatic N) is 1. The third-order valence-corrected chi connectivity index (χ3v) is 4.42. The Bertz CT molecular complexity index is 940. The summed E-state index contributed by atoms with van der Waals surface area (Å²) in [7, 11) is 0. The Hall–Kier alpha value is -2.76. The first-order valence-electron chi connectivity index (χ1n) is 8.39. The zero-order chi connectivity index (χ0) is 18.9. The maximum atomic E-state index is 13.4. The van der Waals surface area contributed by atoms with Crippen molar-refractivity contribution in [1.82, 2.24) is 4.57 Å². The van der Waals surface area contributed by atoms with Crippen LogP contribution in [0.25, 0.3) is 10.9 Å². The van der Waals surface area contributed by atoms with Crippen LogP contribution in [0.3, 0.4) is 0 Å². The molecule has 1 aromatic heterocycles. The maximum absolute atomic E-state index is 13.4. The standard InChI is InChI=1S/C20H19F3N2O/c1-2-13-3-5-14(6-4-13)7-10-19(26)25-17-9-8-16(24)11-15(17)12-18(25)20(21,22)23/h3-6,8-9,11-12H,2,7,10,24H2,1H3. The minimum Gasteiger partial charge on any atom is -0.399 e. The lowest BCUT2D eigenvalue weighted by molar-refractivity contribution is -0.142. The second kappa shape index (κ2) is 6.86. The van der Waals surface area contributed by atoms with Gasteiger partial charge in [-0.05, 0) is 48.2 Å². The van der Waals surface area contributed by atoms with Gasteiger partial charge in [-0.3, -0.25) is 9.36 Å². The van der Waals surface area contributed by atoms with Crippen LogP contribution in [0.5, 0.6) is 0 Å². The maximum Gasteiger partial charge on any atom is 0.431 e. The van der Waals surface area contributed by atoms with Gasteiger partial charge < -0.3 is 5.73 Å². The van der Waals surface area contributed by atoms with E-state index in [-0.39, 0.29) is 11.9 Å². The molecule has 136 valence electrons. The van der Waals surface area contributed by atoms with E-state index in [0.717, 1.165) is 22.6 Å². The van der Waals surface area contributed by atoms with E-state index in [0.29, 0.717) is 17.5 Å². The first-order chi connectivity index (χ1) is 12.3. The highest BCUT2D eigenvalue weighted by atomic mass is 19.4. The summed E-state index contributed by atoms with van der Waals surface area (Å²) in [5, 5.41) is 0.304. The summed E-state index contributed by atoms with van der Waals surface area (Å²) in [5.41, 5.74) is 7.35. The molecule has 0 aliphatic rings. The van der Waals surface area contributed by atoms with Crippen LogP contribution in [0.1, 0.15) is 35.0 Å². The molecule has 0 bridgehead atoms. The molecule has 0 saturated carbocycles. The van der Waals surface area contributed by atoms with Gasteiger partial charge in [-0.15, -0.1) is 0 Å². The molecule has 0 fully saturated rings. The van der Waals surface area contributed by atoms with Gasteiger partial charge in [-0.2, -0.15) is 13.2 Å². The third kappa shape index (κ3) is 3.59. The fourth-order valence-corrected chi connectivity index (χ4v) is 3.02. The van der Waals surface area contributed by atoms with Crippen molar-refractivity contribution in [3.8, 4) is 0 Å². The number of benzene rings is 2. The fourth-order valence-electron chi connectivity index (χ4n) is 3.02. The SMILES string of the molecule is CCc1ccc(CCC(=O)n2c(C(F)(F)F)cc3cc(N)ccc32)cc1. The van der Waals surface area contributed by atoms with E-state index in [2.05, 4.69) is 0 Å². The van der Waals surface area contributed by atoms with Crippen molar-refractivity contribution in [2.45, 2.75) is 32.4 Å². The number of halogens is 3. The van der Waals surface area contributed by atoms with E-state index in [9.17, 15) is 18.0 Å². The van der Waals surface area contributed by atoms with Crippen LogP contribution in [-0.2, 0) is 19.0 Å². The van der Waals surface area contributed by atoms with Gasteiger partial charge in [0.05, 0.1) is 5.52 Å². The quantitative estimate of drug-likeness (QED) is 0.660. The average Bonchev–Trinajstić information content (AvgIpc) is 2.99. The van der Waals surface area contributed by atoms with Crippen molar-refractivity contribution < 1.29 is 18.0 Å². The van der Waals surface area contributed by atoms with Crippen molar-refractivity contribution in [2.24, 2.45) is 0 Å². The lowest BCUT2D eigenvalue weighted by Gasteiger charge is -2.12. The number of carbonyl (C=O) groups excluding carboxylic acids is 1. The Morgan fingerprint density at radius 2 is 1.69 bits per heavy atom. The molecule has 0 unspecified atom stereocenters. The van der Waals surface area contributed by atoms with Crippen molar-refractivity contribution in [1.29, 1.82) is 0 Å². The van der Waals surface area contributed by atoms with E-state index in [1.54, 1.807) is 0 Å². The summed E-state index contributed by atoms with van der Waals surface area (Å²) in [4.78, 5) is 12.6. The molecule has 0 spiro atoms. The number of rotatable bonds is 4. The van der Waals surface area contributed by atoms with Crippen LogP contribution in [0.15, 0.2) is 48.5 Å². The smallest absolute Gasteiger partial charge is 0.399 e. The average molecular weight is 360 g/mol. The molecule has 3 nitrogen and oxygen atoms in total. The lowest BCUT2D eigenvalue weighted by atomic mass is 10.1. The molecule has 2 aromatic carbocycles. The summed E-state index contributed by atoms with van der Waals surface area (Å²) >= 11 is 0. The number of hydrogen-bond donors (Lipinski definition) is 1. The third-order valence-electron chi connectivity index (χ3n) is 4.42. The highest BCUT2D eigenvalue weighted by Crippen LogP contribution is 2.35. The second-order valence-corrected chi connectivity index (χ2v) is 6.24. The van der Waals surface area contributed by atoms with E-state index in [1.165, 1.54) is 23.8 Å². The van der Waals surface area contributed by atoms with Crippen LogP contribution in [0.2, 0.25) is 0 Å². The Balaban J connectivity index is 1.91. The predicted molar refractivity (Wildman–Crippen MR) is 96.1 cm³/mol. The number of alkyl halides is 3. The molecule has 3 aromatic rings. The lowest BCUT2D eigenvalue weighted by Crippen LogP contribution is -2.20. The summed E-state index contributed by atoms with van der Waals surface area (Å²) < 4.78 is 40.9. The Kier molecular flexibility index (Phi) is 4.76. The molecule has 0 saturated heterocycles. The molecule has 0 aliphatic carbocycles. The zero-order valence-corrected chi connectivity index (χ0v) is 14.3. The summed E-state index contributed by atoms with van der Waals surface area (Å²) in [5.74, 6) is -0.586. The summed E-state index contributed by atoms with van der Waals surface area (Å²) in [6, 6.07) is 13.1. The first kappa shape index (κ1) is 18.0. The van der Waals surface area contributed by atoms with Crippen LogP contribution in [0, 0.1) is 0 Å². The molecule has 26 heavy (non-hydrogen) atoms. The molecule has 0 radical (unpaired) electrons. The van der Waals surface area contributed by atoms with Gasteiger partial charge >= 0.3 is 6.18 Å². The summed E-state index contributed by atoms with van der Waals surface area (Å²) in [6.45, 7) is 2.04. The highest BCUT2D eigenvalue weighted by molar-refractivity contribution is 5.95. The van der Waals surface area contributed by atoms with Crippen molar-refractivity contribution in [3.05, 3.63) is 65.4 Å². The normalized spacial score (nSPS) is 11.8. The molecule has 2 N–H and O–H groups in total. The number of nitrogens with two attached hydrogens (primary N) is 1. The minimum absolute atomic E-state index is 0.0112. The molecule has 3 rings (SSSR count). The molecular formula is C20H19F3N2O. The minimum atomic E-state index is -4.62. The number of fused-ring (bicyclic) bond motifs is 1. The van der Waals surface area contributed by atoms with E-state index in [1.807, 2.05) is 31.2 Å². The van der Waals surface area contributed by atoms with Crippen molar-refractivity contribution >= 4 is 22.5 Å². The van der Waals surface area contributed by atoms with E-state index in [4.69, 9.17) is 5.73 Å². The van der Waals surface area contributed by atoms with Gasteiger partial charge in [0.2, 0.25) is 5.91 Å². The van der Waals surface area contributed by atoms with Crippen LogP contribution in [0.4, 0.5) is 18.9 Å².